The van der Waals surface area contributed by atoms with Crippen LogP contribution in [0, 0.1) is 12.8 Å². The van der Waals surface area contributed by atoms with Crippen molar-refractivity contribution < 1.29 is 4.79 Å². The van der Waals surface area contributed by atoms with Gasteiger partial charge in [0, 0.05) is 23.7 Å². The molecule has 1 aliphatic rings. The van der Waals surface area contributed by atoms with E-state index in [9.17, 15) is 4.79 Å². The minimum atomic E-state index is 0.0778. The number of nitrogens with zero attached hydrogens (tertiary/aromatic N) is 1. The second-order valence-electron chi connectivity index (χ2n) is 5.78. The molecule has 0 aliphatic carbocycles. The number of piperidine rings is 1. The number of carbonyl (C=O) groups excluding carboxylic acids is 1. The van der Waals surface area contributed by atoms with Gasteiger partial charge in [-0.1, -0.05) is 18.5 Å². The summed E-state index contributed by atoms with van der Waals surface area (Å²) in [5.74, 6) is 0.908. The number of benzene rings is 1. The molecule has 1 aliphatic heterocycles. The summed E-state index contributed by atoms with van der Waals surface area (Å²) in [4.78, 5) is 14.4. The number of amides is 1. The molecule has 0 radical (unpaired) electrons. The van der Waals surface area contributed by atoms with Gasteiger partial charge >= 0.3 is 0 Å². The maximum atomic E-state index is 12.0. The van der Waals surface area contributed by atoms with E-state index < -0.39 is 0 Å². The van der Waals surface area contributed by atoms with E-state index in [-0.39, 0.29) is 5.91 Å². The molecule has 110 valence electrons. The molecule has 1 N–H and O–H groups in total. The van der Waals surface area contributed by atoms with Crippen LogP contribution in [-0.4, -0.2) is 30.4 Å². The van der Waals surface area contributed by atoms with E-state index in [1.807, 2.05) is 19.1 Å². The van der Waals surface area contributed by atoms with Gasteiger partial charge in [0.05, 0.1) is 0 Å². The second-order valence-corrected chi connectivity index (χ2v) is 6.22. The number of aryl methyl sites for hydroxylation is 1. The van der Waals surface area contributed by atoms with Crippen molar-refractivity contribution in [1.29, 1.82) is 0 Å². The number of carbonyl (C=O) groups is 1. The molecule has 0 aromatic heterocycles. The molecule has 1 aromatic rings. The lowest BCUT2D eigenvalue weighted by molar-refractivity contribution is -0.116. The molecular formula is C16H23ClN2O. The summed E-state index contributed by atoms with van der Waals surface area (Å²) in [6, 6.07) is 5.53. The van der Waals surface area contributed by atoms with E-state index in [4.69, 9.17) is 11.6 Å². The van der Waals surface area contributed by atoms with E-state index in [2.05, 4.69) is 17.1 Å². The number of halogens is 1. The third-order valence-electron chi connectivity index (χ3n) is 3.99. The summed E-state index contributed by atoms with van der Waals surface area (Å²) < 4.78 is 0. The van der Waals surface area contributed by atoms with Crippen molar-refractivity contribution in [3.63, 3.8) is 0 Å². The van der Waals surface area contributed by atoms with Gasteiger partial charge in [0.2, 0.25) is 5.91 Å². The highest BCUT2D eigenvalue weighted by Gasteiger charge is 2.16. The molecule has 3 nitrogen and oxygen atoms in total. The molecule has 4 heteroatoms. The van der Waals surface area contributed by atoms with Gasteiger partial charge in [0.15, 0.2) is 0 Å². The zero-order chi connectivity index (χ0) is 14.5. The molecule has 1 amide bonds. The Morgan fingerprint density at radius 1 is 1.40 bits per heavy atom. The smallest absolute Gasteiger partial charge is 0.225 e. The molecule has 0 bridgehead atoms. The predicted molar refractivity (Wildman–Crippen MR) is 84.3 cm³/mol. The summed E-state index contributed by atoms with van der Waals surface area (Å²) in [7, 11) is 0. The van der Waals surface area contributed by atoms with Crippen LogP contribution in [0.4, 0.5) is 5.69 Å². The van der Waals surface area contributed by atoms with Gasteiger partial charge in [-0.25, -0.2) is 0 Å². The van der Waals surface area contributed by atoms with Crippen LogP contribution in [0.3, 0.4) is 0 Å². The standard InChI is InChI=1S/C16H23ClN2O/c1-12-5-8-19(9-6-12)10-7-16(20)18-15-4-3-14(17)11-13(15)2/h3-4,11-12H,5-10H2,1-2H3,(H,18,20). The van der Waals surface area contributed by atoms with Gasteiger partial charge in [-0.15, -0.1) is 0 Å². The zero-order valence-corrected chi connectivity index (χ0v) is 13.0. The molecular weight excluding hydrogens is 272 g/mol. The molecule has 0 spiro atoms. The number of anilines is 1. The lowest BCUT2D eigenvalue weighted by atomic mass is 9.99. The SMILES string of the molecule is Cc1cc(Cl)ccc1NC(=O)CCN1CCC(C)CC1. The van der Waals surface area contributed by atoms with Crippen molar-refractivity contribution in [1.82, 2.24) is 4.90 Å². The van der Waals surface area contributed by atoms with Gasteiger partial charge in [-0.2, -0.15) is 0 Å². The lowest BCUT2D eigenvalue weighted by Gasteiger charge is -2.29. The highest BCUT2D eigenvalue weighted by atomic mass is 35.5. The quantitative estimate of drug-likeness (QED) is 0.918. The second kappa shape index (κ2) is 7.09. The summed E-state index contributed by atoms with van der Waals surface area (Å²) in [6.45, 7) is 7.34. The minimum absolute atomic E-state index is 0.0778. The maximum Gasteiger partial charge on any atom is 0.225 e. The van der Waals surface area contributed by atoms with Crippen LogP contribution in [0.15, 0.2) is 18.2 Å². The number of likely N-dealkylation sites (tertiary alicyclic amines) is 1. The van der Waals surface area contributed by atoms with E-state index in [0.29, 0.717) is 11.4 Å². The van der Waals surface area contributed by atoms with Crippen LogP contribution >= 0.6 is 11.6 Å². The van der Waals surface area contributed by atoms with Crippen LogP contribution in [0.25, 0.3) is 0 Å². The normalized spacial score (nSPS) is 17.1. The van der Waals surface area contributed by atoms with E-state index in [1.165, 1.54) is 12.8 Å². The molecule has 1 fully saturated rings. The predicted octanol–water partition coefficient (Wildman–Crippen LogP) is 3.71. The Kier molecular flexibility index (Phi) is 5.44. The molecule has 0 saturated carbocycles. The van der Waals surface area contributed by atoms with Crippen LogP contribution in [0.5, 0.6) is 0 Å². The van der Waals surface area contributed by atoms with Crippen molar-refractivity contribution in [3.8, 4) is 0 Å². The van der Waals surface area contributed by atoms with Crippen molar-refractivity contribution >= 4 is 23.2 Å². The Hall–Kier alpha value is -1.06. The maximum absolute atomic E-state index is 12.0. The van der Waals surface area contributed by atoms with E-state index in [0.717, 1.165) is 36.8 Å². The van der Waals surface area contributed by atoms with Gasteiger partial charge in [-0.05, 0) is 62.5 Å². The van der Waals surface area contributed by atoms with E-state index in [1.54, 1.807) is 6.07 Å². The van der Waals surface area contributed by atoms with Crippen LogP contribution in [0.1, 0.15) is 31.7 Å². The highest BCUT2D eigenvalue weighted by Crippen LogP contribution is 2.20. The fraction of sp³-hybridized carbons (Fsp3) is 0.562. The van der Waals surface area contributed by atoms with Crippen LogP contribution < -0.4 is 5.32 Å². The van der Waals surface area contributed by atoms with Crippen molar-refractivity contribution in [2.75, 3.05) is 25.0 Å². The van der Waals surface area contributed by atoms with Crippen molar-refractivity contribution in [3.05, 3.63) is 28.8 Å². The molecule has 20 heavy (non-hydrogen) atoms. The summed E-state index contributed by atoms with van der Waals surface area (Å²) in [5, 5.41) is 3.66. The molecule has 0 atom stereocenters. The number of hydrogen-bond donors (Lipinski definition) is 1. The fourth-order valence-electron chi connectivity index (χ4n) is 2.53. The Morgan fingerprint density at radius 3 is 2.75 bits per heavy atom. The van der Waals surface area contributed by atoms with Gasteiger partial charge in [0.1, 0.15) is 0 Å². The number of hydrogen-bond acceptors (Lipinski definition) is 2. The van der Waals surface area contributed by atoms with Crippen molar-refractivity contribution in [2.45, 2.75) is 33.1 Å². The first-order valence-corrected chi connectivity index (χ1v) is 7.71. The first-order valence-electron chi connectivity index (χ1n) is 7.33. The van der Waals surface area contributed by atoms with Gasteiger partial charge in [-0.3, -0.25) is 4.79 Å². The highest BCUT2D eigenvalue weighted by molar-refractivity contribution is 6.30. The lowest BCUT2D eigenvalue weighted by Crippen LogP contribution is -2.35. The van der Waals surface area contributed by atoms with Crippen LogP contribution in [0.2, 0.25) is 5.02 Å². The zero-order valence-electron chi connectivity index (χ0n) is 12.3. The van der Waals surface area contributed by atoms with Crippen molar-refractivity contribution in [2.24, 2.45) is 5.92 Å². The van der Waals surface area contributed by atoms with Gasteiger partial charge < -0.3 is 10.2 Å². The summed E-state index contributed by atoms with van der Waals surface area (Å²) in [5.41, 5.74) is 1.85. The molecule has 1 heterocycles. The minimum Gasteiger partial charge on any atom is -0.326 e. The third-order valence-corrected chi connectivity index (χ3v) is 4.23. The molecule has 1 aromatic carbocycles. The molecule has 0 unspecified atom stereocenters. The number of rotatable bonds is 4. The first kappa shape index (κ1) is 15.3. The largest absolute Gasteiger partial charge is 0.326 e. The topological polar surface area (TPSA) is 32.3 Å². The number of nitrogens with one attached hydrogen (secondary N) is 1. The van der Waals surface area contributed by atoms with E-state index >= 15 is 0 Å². The Balaban J connectivity index is 1.78. The molecule has 2 rings (SSSR count). The molecule has 1 saturated heterocycles. The monoisotopic (exact) mass is 294 g/mol. The first-order chi connectivity index (χ1) is 9.54. The Bertz CT molecular complexity index is 468. The van der Waals surface area contributed by atoms with Crippen LogP contribution in [-0.2, 0) is 4.79 Å². The summed E-state index contributed by atoms with van der Waals surface area (Å²) >= 11 is 5.91. The Morgan fingerprint density at radius 2 is 2.10 bits per heavy atom. The average molecular weight is 295 g/mol. The van der Waals surface area contributed by atoms with Gasteiger partial charge in [0.25, 0.3) is 0 Å². The Labute approximate surface area is 126 Å². The average Bonchev–Trinajstić information content (AvgIpc) is 2.41. The fourth-order valence-corrected chi connectivity index (χ4v) is 2.75. The summed E-state index contributed by atoms with van der Waals surface area (Å²) in [6.07, 6.45) is 3.05. The third kappa shape index (κ3) is 4.50.